The van der Waals surface area contributed by atoms with E-state index in [-0.39, 0.29) is 10.8 Å². The number of nitrogens with zero attached hydrogens (tertiary/aromatic N) is 4. The Hall–Kier alpha value is -3.14. The number of carbonyl (C=O) groups is 1. The van der Waals surface area contributed by atoms with E-state index in [1.807, 2.05) is 26.0 Å². The third-order valence-corrected chi connectivity index (χ3v) is 9.10. The van der Waals surface area contributed by atoms with E-state index in [1.54, 1.807) is 29.4 Å². The molecular weight excluding hydrogens is 480 g/mol. The summed E-state index contributed by atoms with van der Waals surface area (Å²) in [4.78, 5) is 24.5. The van der Waals surface area contributed by atoms with Gasteiger partial charge in [-0.1, -0.05) is 23.5 Å². The van der Waals surface area contributed by atoms with Crippen molar-refractivity contribution in [3.63, 3.8) is 0 Å². The maximum Gasteiger partial charge on any atom is 0.260 e. The summed E-state index contributed by atoms with van der Waals surface area (Å²) in [5.74, 6) is -0.243. The lowest BCUT2D eigenvalue weighted by Crippen LogP contribution is -2.31. The van der Waals surface area contributed by atoms with Crippen LogP contribution in [0.3, 0.4) is 0 Å². The van der Waals surface area contributed by atoms with Crippen LogP contribution in [0.1, 0.15) is 39.9 Å². The third kappa shape index (κ3) is 4.71. The topological polar surface area (TPSA) is 83.5 Å². The van der Waals surface area contributed by atoms with Gasteiger partial charge in [0.05, 0.1) is 21.7 Å². The Balaban J connectivity index is 1.50. The number of sulfonamides is 1. The lowest BCUT2D eigenvalue weighted by Gasteiger charge is -2.20. The fourth-order valence-electron chi connectivity index (χ4n) is 4.38. The summed E-state index contributed by atoms with van der Waals surface area (Å²) in [6, 6.07) is 14.1. The van der Waals surface area contributed by atoms with Crippen LogP contribution >= 0.6 is 11.3 Å². The van der Waals surface area contributed by atoms with E-state index in [1.165, 1.54) is 27.8 Å². The zero-order valence-electron chi connectivity index (χ0n) is 19.6. The molecule has 0 spiro atoms. The first-order valence-corrected chi connectivity index (χ1v) is 13.8. The smallest absolute Gasteiger partial charge is 0.260 e. The first-order valence-electron chi connectivity index (χ1n) is 11.5. The van der Waals surface area contributed by atoms with Crippen LogP contribution in [0.2, 0.25) is 0 Å². The first-order chi connectivity index (χ1) is 16.8. The van der Waals surface area contributed by atoms with E-state index in [4.69, 9.17) is 4.98 Å². The molecule has 0 saturated carbocycles. The summed E-state index contributed by atoms with van der Waals surface area (Å²) < 4.78 is 28.3. The molecule has 1 saturated heterocycles. The van der Waals surface area contributed by atoms with Crippen molar-refractivity contribution in [3.8, 4) is 0 Å². The molecule has 0 bridgehead atoms. The van der Waals surface area contributed by atoms with Crippen LogP contribution in [0.25, 0.3) is 10.2 Å². The van der Waals surface area contributed by atoms with Crippen LogP contribution in [-0.2, 0) is 16.6 Å². The lowest BCUT2D eigenvalue weighted by atomic mass is 10.1. The second kappa shape index (κ2) is 9.49. The van der Waals surface area contributed by atoms with Gasteiger partial charge in [0.25, 0.3) is 5.91 Å². The highest BCUT2D eigenvalue weighted by Crippen LogP contribution is 2.33. The number of fused-ring (bicyclic) bond motifs is 1. The van der Waals surface area contributed by atoms with Crippen LogP contribution in [0.5, 0.6) is 0 Å². The van der Waals surface area contributed by atoms with Gasteiger partial charge in [-0.05, 0) is 79.8 Å². The predicted molar refractivity (Wildman–Crippen MR) is 138 cm³/mol. The molecule has 3 heterocycles. The molecule has 0 N–H and O–H groups in total. The van der Waals surface area contributed by atoms with Crippen LogP contribution in [0.15, 0.2) is 65.8 Å². The molecule has 0 radical (unpaired) electrons. The maximum atomic E-state index is 13.7. The Kier molecular flexibility index (Phi) is 6.39. The maximum absolute atomic E-state index is 13.7. The standard InChI is InChI=1S/C26H26N4O3S2/c1-18-14-19(2)24-23(15-18)34-26(28-24)30(17-20-6-5-11-27-16-20)25(31)21-7-9-22(10-8-21)35(32,33)29-12-3-4-13-29/h5-11,14-16H,3-4,12-13,17H2,1-2H3. The molecule has 1 aliphatic rings. The average molecular weight is 507 g/mol. The quantitative estimate of drug-likeness (QED) is 0.370. The van der Waals surface area contributed by atoms with Crippen LogP contribution < -0.4 is 4.90 Å². The van der Waals surface area contributed by atoms with Gasteiger partial charge in [-0.2, -0.15) is 4.31 Å². The Morgan fingerprint density at radius 1 is 1.09 bits per heavy atom. The van der Waals surface area contributed by atoms with E-state index >= 15 is 0 Å². The SMILES string of the molecule is Cc1cc(C)c2nc(N(Cc3cccnc3)C(=O)c3ccc(S(=O)(=O)N4CCCC4)cc3)sc2c1. The second-order valence-electron chi connectivity index (χ2n) is 8.81. The number of anilines is 1. The molecule has 180 valence electrons. The summed E-state index contributed by atoms with van der Waals surface area (Å²) in [5, 5.41) is 0.594. The van der Waals surface area contributed by atoms with Crippen molar-refractivity contribution in [3.05, 3.63) is 83.2 Å². The summed E-state index contributed by atoms with van der Waals surface area (Å²) >= 11 is 1.47. The highest BCUT2D eigenvalue weighted by molar-refractivity contribution is 7.89. The molecule has 5 rings (SSSR count). The predicted octanol–water partition coefficient (Wildman–Crippen LogP) is 4.94. The zero-order valence-corrected chi connectivity index (χ0v) is 21.3. The van der Waals surface area contributed by atoms with Gasteiger partial charge in [0, 0.05) is 31.0 Å². The second-order valence-corrected chi connectivity index (χ2v) is 11.8. The number of aryl methyl sites for hydroxylation is 2. The summed E-state index contributed by atoms with van der Waals surface area (Å²) in [6.45, 7) is 5.45. The van der Waals surface area contributed by atoms with Crippen molar-refractivity contribution in [1.82, 2.24) is 14.3 Å². The van der Waals surface area contributed by atoms with Gasteiger partial charge in [-0.15, -0.1) is 0 Å². The lowest BCUT2D eigenvalue weighted by molar-refractivity contribution is 0.0985. The Morgan fingerprint density at radius 2 is 1.83 bits per heavy atom. The molecule has 4 aromatic rings. The minimum absolute atomic E-state index is 0.209. The van der Waals surface area contributed by atoms with E-state index in [9.17, 15) is 13.2 Å². The average Bonchev–Trinajstić information content (AvgIpc) is 3.54. The van der Waals surface area contributed by atoms with E-state index in [2.05, 4.69) is 17.1 Å². The summed E-state index contributed by atoms with van der Waals surface area (Å²) in [6.07, 6.45) is 5.17. The third-order valence-electron chi connectivity index (χ3n) is 6.16. The molecule has 9 heteroatoms. The molecule has 1 amide bonds. The largest absolute Gasteiger partial charge is 0.279 e. The monoisotopic (exact) mass is 506 g/mol. The number of pyridine rings is 1. The number of benzene rings is 2. The Bertz CT molecular complexity index is 1480. The molecular formula is C26H26N4O3S2. The summed E-state index contributed by atoms with van der Waals surface area (Å²) in [5.41, 5.74) is 4.37. The van der Waals surface area contributed by atoms with Gasteiger partial charge >= 0.3 is 0 Å². The number of amides is 1. The first kappa shape index (κ1) is 23.6. The molecule has 1 aliphatic heterocycles. The molecule has 0 unspecified atom stereocenters. The molecule has 2 aromatic heterocycles. The number of hydrogen-bond donors (Lipinski definition) is 0. The molecule has 2 aromatic carbocycles. The van der Waals surface area contributed by atoms with Crippen molar-refractivity contribution < 1.29 is 13.2 Å². The Labute approximate surface area is 209 Å². The minimum atomic E-state index is -3.54. The summed E-state index contributed by atoms with van der Waals surface area (Å²) in [7, 11) is -3.54. The van der Waals surface area contributed by atoms with Crippen molar-refractivity contribution in [2.24, 2.45) is 0 Å². The number of thiazole rings is 1. The van der Waals surface area contributed by atoms with E-state index in [0.717, 1.165) is 39.7 Å². The van der Waals surface area contributed by atoms with Crippen LogP contribution in [-0.4, -0.2) is 41.7 Å². The van der Waals surface area contributed by atoms with Gasteiger partial charge in [-0.3, -0.25) is 14.7 Å². The minimum Gasteiger partial charge on any atom is -0.279 e. The van der Waals surface area contributed by atoms with Crippen molar-refractivity contribution >= 4 is 42.6 Å². The van der Waals surface area contributed by atoms with Crippen molar-refractivity contribution in [2.75, 3.05) is 18.0 Å². The number of carbonyl (C=O) groups excluding carboxylic acids is 1. The zero-order chi connectivity index (χ0) is 24.6. The molecule has 1 fully saturated rings. The highest BCUT2D eigenvalue weighted by Gasteiger charge is 2.28. The number of aromatic nitrogens is 2. The fraction of sp³-hybridized carbons (Fsp3) is 0.269. The molecule has 35 heavy (non-hydrogen) atoms. The number of hydrogen-bond acceptors (Lipinski definition) is 6. The van der Waals surface area contributed by atoms with Crippen molar-refractivity contribution in [1.29, 1.82) is 0 Å². The van der Waals surface area contributed by atoms with Gasteiger partial charge in [0.2, 0.25) is 10.0 Å². The molecule has 0 atom stereocenters. The van der Waals surface area contributed by atoms with Gasteiger partial charge in [0.1, 0.15) is 0 Å². The van der Waals surface area contributed by atoms with Crippen LogP contribution in [0.4, 0.5) is 5.13 Å². The number of rotatable bonds is 6. The van der Waals surface area contributed by atoms with Gasteiger partial charge in [0.15, 0.2) is 5.13 Å². The fourth-order valence-corrected chi connectivity index (χ4v) is 7.03. The van der Waals surface area contributed by atoms with E-state index < -0.39 is 10.0 Å². The normalized spacial score (nSPS) is 14.5. The van der Waals surface area contributed by atoms with Gasteiger partial charge < -0.3 is 0 Å². The van der Waals surface area contributed by atoms with E-state index in [0.29, 0.717) is 30.3 Å². The Morgan fingerprint density at radius 3 is 2.51 bits per heavy atom. The van der Waals surface area contributed by atoms with Gasteiger partial charge in [-0.25, -0.2) is 13.4 Å². The molecule has 7 nitrogen and oxygen atoms in total. The molecule has 0 aliphatic carbocycles. The highest BCUT2D eigenvalue weighted by atomic mass is 32.2. The van der Waals surface area contributed by atoms with Crippen molar-refractivity contribution in [2.45, 2.75) is 38.1 Å². The van der Waals surface area contributed by atoms with Crippen LogP contribution in [0, 0.1) is 13.8 Å².